The number of aromatic nitrogens is 4. The summed E-state index contributed by atoms with van der Waals surface area (Å²) in [5.74, 6) is 2.83. The second-order valence-corrected chi connectivity index (χ2v) is 7.12. The summed E-state index contributed by atoms with van der Waals surface area (Å²) in [7, 11) is 4.74. The van der Waals surface area contributed by atoms with Crippen molar-refractivity contribution in [2.75, 3.05) is 26.6 Å². The quantitative estimate of drug-likeness (QED) is 0.396. The van der Waals surface area contributed by atoms with Crippen molar-refractivity contribution in [3.8, 4) is 28.6 Å². The first kappa shape index (κ1) is 19.6. The zero-order valence-corrected chi connectivity index (χ0v) is 17.8. The molecule has 0 radical (unpaired) electrons. The minimum absolute atomic E-state index is 0.519. The van der Waals surface area contributed by atoms with Crippen LogP contribution < -0.4 is 19.5 Å². The highest BCUT2D eigenvalue weighted by Gasteiger charge is 2.17. The van der Waals surface area contributed by atoms with Gasteiger partial charge in [0.15, 0.2) is 17.3 Å². The molecule has 0 fully saturated rings. The van der Waals surface area contributed by atoms with Gasteiger partial charge in [-0.15, -0.1) is 0 Å². The summed E-state index contributed by atoms with van der Waals surface area (Å²) in [5, 5.41) is 12.5. The van der Waals surface area contributed by atoms with Crippen LogP contribution in [-0.4, -0.2) is 41.5 Å². The number of H-pyrrole nitrogens is 1. The van der Waals surface area contributed by atoms with E-state index in [4.69, 9.17) is 24.2 Å². The van der Waals surface area contributed by atoms with Crippen LogP contribution in [0.15, 0.2) is 60.8 Å². The molecule has 0 aliphatic rings. The number of rotatable bonds is 6. The molecule has 0 aliphatic heterocycles. The summed E-state index contributed by atoms with van der Waals surface area (Å²) in [6.45, 7) is 0. The van der Waals surface area contributed by atoms with Crippen molar-refractivity contribution in [3.05, 3.63) is 60.8 Å². The van der Waals surface area contributed by atoms with Gasteiger partial charge in [0, 0.05) is 22.0 Å². The van der Waals surface area contributed by atoms with Crippen LogP contribution >= 0.6 is 0 Å². The number of anilines is 2. The molecular formula is C24H21N5O3. The largest absolute Gasteiger partial charge is 0.493 e. The summed E-state index contributed by atoms with van der Waals surface area (Å²) in [5.41, 5.74) is 3.40. The third-order valence-electron chi connectivity index (χ3n) is 5.23. The van der Waals surface area contributed by atoms with E-state index in [1.807, 2.05) is 54.6 Å². The molecule has 0 amide bonds. The molecule has 2 N–H and O–H groups in total. The number of methoxy groups -OCH3 is 3. The first-order valence-electron chi connectivity index (χ1n) is 9.97. The number of ether oxygens (including phenoxy) is 3. The Labute approximate surface area is 184 Å². The van der Waals surface area contributed by atoms with E-state index < -0.39 is 0 Å². The molecule has 8 nitrogen and oxygen atoms in total. The van der Waals surface area contributed by atoms with Crippen LogP contribution in [0.2, 0.25) is 0 Å². The summed E-state index contributed by atoms with van der Waals surface area (Å²) in [6.07, 6.45) is 1.79. The number of nitrogens with one attached hydrogen (secondary N) is 2. The normalized spacial score (nSPS) is 11.0. The van der Waals surface area contributed by atoms with E-state index in [9.17, 15) is 0 Å². The molecule has 2 heterocycles. The van der Waals surface area contributed by atoms with E-state index in [0.29, 0.717) is 28.9 Å². The fraction of sp³-hybridized carbons (Fsp3) is 0.125. The Balaban J connectivity index is 1.65. The fourth-order valence-electron chi connectivity index (χ4n) is 3.66. The SMILES string of the molecule is COc1cc(-c2nc(Nc3ccc4cn[nH]c4c3)c3ccccc3n2)cc(OC)c1OC. The number of benzene rings is 3. The smallest absolute Gasteiger partial charge is 0.203 e. The fourth-order valence-corrected chi connectivity index (χ4v) is 3.66. The van der Waals surface area contributed by atoms with E-state index in [1.165, 1.54) is 0 Å². The lowest BCUT2D eigenvalue weighted by Gasteiger charge is -2.15. The molecule has 0 aliphatic carbocycles. The summed E-state index contributed by atoms with van der Waals surface area (Å²) >= 11 is 0. The van der Waals surface area contributed by atoms with E-state index in [2.05, 4.69) is 15.5 Å². The van der Waals surface area contributed by atoms with Gasteiger partial charge in [-0.25, -0.2) is 9.97 Å². The number of fused-ring (bicyclic) bond motifs is 2. The van der Waals surface area contributed by atoms with Gasteiger partial charge in [0.05, 0.1) is 38.6 Å². The standard InChI is InChI=1S/C24H21N5O3/c1-30-20-10-15(11-21(31-2)22(20)32-3)23-27-18-7-5-4-6-17(18)24(28-23)26-16-9-8-14-13-25-29-19(14)12-16/h4-13H,1-3H3,(H,25,29)(H,26,27,28). The minimum atomic E-state index is 0.519. The van der Waals surface area contributed by atoms with Crippen molar-refractivity contribution in [1.82, 2.24) is 20.2 Å². The van der Waals surface area contributed by atoms with E-state index in [1.54, 1.807) is 27.5 Å². The van der Waals surface area contributed by atoms with Crippen LogP contribution in [0.1, 0.15) is 0 Å². The molecule has 0 saturated heterocycles. The lowest BCUT2D eigenvalue weighted by molar-refractivity contribution is 0.324. The number of hydrogen-bond acceptors (Lipinski definition) is 7. The number of para-hydroxylation sites is 1. The van der Waals surface area contributed by atoms with Crippen molar-refractivity contribution in [3.63, 3.8) is 0 Å². The molecule has 3 aromatic carbocycles. The maximum absolute atomic E-state index is 5.50. The van der Waals surface area contributed by atoms with Crippen LogP contribution in [0.3, 0.4) is 0 Å². The maximum Gasteiger partial charge on any atom is 0.203 e. The summed E-state index contributed by atoms with van der Waals surface area (Å²) < 4.78 is 16.4. The molecule has 0 saturated carbocycles. The minimum Gasteiger partial charge on any atom is -0.493 e. The number of nitrogens with zero attached hydrogens (tertiary/aromatic N) is 3. The Hall–Kier alpha value is -4.33. The van der Waals surface area contributed by atoms with Crippen molar-refractivity contribution in [2.45, 2.75) is 0 Å². The van der Waals surface area contributed by atoms with Crippen LogP contribution in [0.4, 0.5) is 11.5 Å². The lowest BCUT2D eigenvalue weighted by Crippen LogP contribution is -2.01. The molecular weight excluding hydrogens is 406 g/mol. The van der Waals surface area contributed by atoms with Crippen molar-refractivity contribution in [1.29, 1.82) is 0 Å². The van der Waals surface area contributed by atoms with Gasteiger partial charge in [0.2, 0.25) is 5.75 Å². The second kappa shape index (κ2) is 8.07. The van der Waals surface area contributed by atoms with Crippen LogP contribution in [0.25, 0.3) is 33.2 Å². The monoisotopic (exact) mass is 427 g/mol. The Morgan fingerprint density at radius 3 is 2.38 bits per heavy atom. The molecule has 0 bridgehead atoms. The lowest BCUT2D eigenvalue weighted by atomic mass is 10.1. The number of hydrogen-bond donors (Lipinski definition) is 2. The van der Waals surface area contributed by atoms with E-state index in [-0.39, 0.29) is 0 Å². The Morgan fingerprint density at radius 2 is 1.62 bits per heavy atom. The Kier molecular flexibility index (Phi) is 4.95. The van der Waals surface area contributed by atoms with Gasteiger partial charge in [-0.2, -0.15) is 5.10 Å². The summed E-state index contributed by atoms with van der Waals surface area (Å²) in [4.78, 5) is 9.62. The highest BCUT2D eigenvalue weighted by molar-refractivity contribution is 5.93. The Morgan fingerprint density at radius 1 is 0.844 bits per heavy atom. The van der Waals surface area contributed by atoms with Gasteiger partial charge in [-0.1, -0.05) is 12.1 Å². The van der Waals surface area contributed by atoms with Gasteiger partial charge in [0.25, 0.3) is 0 Å². The van der Waals surface area contributed by atoms with Crippen molar-refractivity contribution >= 4 is 33.3 Å². The third-order valence-corrected chi connectivity index (χ3v) is 5.23. The Bertz CT molecular complexity index is 1410. The van der Waals surface area contributed by atoms with Gasteiger partial charge in [0.1, 0.15) is 5.82 Å². The molecule has 0 unspecified atom stereocenters. The second-order valence-electron chi connectivity index (χ2n) is 7.12. The zero-order chi connectivity index (χ0) is 22.1. The number of aromatic amines is 1. The first-order valence-corrected chi connectivity index (χ1v) is 9.97. The molecule has 32 heavy (non-hydrogen) atoms. The van der Waals surface area contributed by atoms with Crippen LogP contribution in [0.5, 0.6) is 17.2 Å². The predicted molar refractivity (Wildman–Crippen MR) is 124 cm³/mol. The zero-order valence-electron chi connectivity index (χ0n) is 17.8. The molecule has 5 aromatic rings. The van der Waals surface area contributed by atoms with Gasteiger partial charge in [-0.05, 0) is 42.5 Å². The topological polar surface area (TPSA) is 94.2 Å². The average Bonchev–Trinajstić information content (AvgIpc) is 3.31. The molecule has 2 aromatic heterocycles. The first-order chi connectivity index (χ1) is 15.7. The van der Waals surface area contributed by atoms with Gasteiger partial charge < -0.3 is 19.5 Å². The van der Waals surface area contributed by atoms with Crippen LogP contribution in [0, 0.1) is 0 Å². The summed E-state index contributed by atoms with van der Waals surface area (Å²) in [6, 6.07) is 17.5. The van der Waals surface area contributed by atoms with Crippen molar-refractivity contribution in [2.24, 2.45) is 0 Å². The average molecular weight is 427 g/mol. The predicted octanol–water partition coefficient (Wildman–Crippen LogP) is 4.94. The molecule has 160 valence electrons. The highest BCUT2D eigenvalue weighted by Crippen LogP contribution is 2.41. The van der Waals surface area contributed by atoms with Gasteiger partial charge >= 0.3 is 0 Å². The van der Waals surface area contributed by atoms with Crippen LogP contribution in [-0.2, 0) is 0 Å². The van der Waals surface area contributed by atoms with E-state index in [0.717, 1.165) is 33.1 Å². The molecule has 8 heteroatoms. The molecule has 5 rings (SSSR count). The van der Waals surface area contributed by atoms with Gasteiger partial charge in [-0.3, -0.25) is 5.10 Å². The third kappa shape index (κ3) is 3.41. The molecule has 0 atom stereocenters. The highest BCUT2D eigenvalue weighted by atomic mass is 16.5. The van der Waals surface area contributed by atoms with Crippen molar-refractivity contribution < 1.29 is 14.2 Å². The molecule has 0 spiro atoms. The van der Waals surface area contributed by atoms with E-state index >= 15 is 0 Å². The maximum atomic E-state index is 5.50.